The average molecular weight is 879 g/mol. The van der Waals surface area contributed by atoms with Crippen molar-refractivity contribution in [3.05, 3.63) is 0 Å². The number of esters is 1. The maximum atomic E-state index is 11.9. The van der Waals surface area contributed by atoms with Crippen LogP contribution in [0.1, 0.15) is 89.5 Å². The number of hydrogen-bond acceptors (Lipinski definition) is 13. The van der Waals surface area contributed by atoms with E-state index in [1.165, 1.54) is 17.7 Å². The molecule has 59 heavy (non-hydrogen) atoms. The summed E-state index contributed by atoms with van der Waals surface area (Å²) in [4.78, 5) is 25.2. The molecule has 18 heteroatoms. The maximum absolute atomic E-state index is 11.9. The second-order valence-corrected chi connectivity index (χ2v) is 24.2. The van der Waals surface area contributed by atoms with Gasteiger partial charge < -0.3 is 4.74 Å². The highest BCUT2D eigenvalue weighted by atomic mass is 32.2. The summed E-state index contributed by atoms with van der Waals surface area (Å²) in [6, 6.07) is 2.20. The van der Waals surface area contributed by atoms with Crippen molar-refractivity contribution in [2.75, 3.05) is 145 Å². The third kappa shape index (κ3) is 20.5. The molecule has 4 heterocycles. The van der Waals surface area contributed by atoms with Gasteiger partial charge in [-0.15, -0.1) is 0 Å². The number of piperazine rings is 4. The van der Waals surface area contributed by atoms with Crippen molar-refractivity contribution in [3.63, 3.8) is 0 Å². The van der Waals surface area contributed by atoms with Crippen LogP contribution in [-0.2, 0) is 29.8 Å². The van der Waals surface area contributed by atoms with Gasteiger partial charge in [0.05, 0.1) is 26.0 Å². The summed E-state index contributed by atoms with van der Waals surface area (Å²) in [6.07, 6.45) is 1.94. The molecule has 4 aliphatic rings. The van der Waals surface area contributed by atoms with E-state index in [2.05, 4.69) is 123 Å². The second kappa shape index (κ2) is 23.8. The van der Waals surface area contributed by atoms with Crippen molar-refractivity contribution >= 4 is 26.2 Å². The number of nitriles is 1. The Morgan fingerprint density at radius 3 is 1.14 bits per heavy atom. The molecule has 4 fully saturated rings. The summed E-state index contributed by atoms with van der Waals surface area (Å²) < 4.78 is 55.3. The van der Waals surface area contributed by atoms with E-state index < -0.39 is 20.2 Å². The van der Waals surface area contributed by atoms with Crippen LogP contribution in [0.15, 0.2) is 0 Å². The second-order valence-electron chi connectivity index (χ2n) is 20.1. The first-order valence-electron chi connectivity index (χ1n) is 21.4. The van der Waals surface area contributed by atoms with E-state index in [0.29, 0.717) is 44.7 Å². The van der Waals surface area contributed by atoms with Crippen LogP contribution in [0.3, 0.4) is 0 Å². The van der Waals surface area contributed by atoms with Crippen molar-refractivity contribution in [1.29, 1.82) is 5.26 Å². The average Bonchev–Trinajstić information content (AvgIpc) is 3.13. The quantitative estimate of drug-likeness (QED) is 0.346. The standard InChI is InChI=1S/C11H21N3.C11H22N2O2.C10H23N3O2S.C9H20N2O2S/c1-11(2,3)14-9-7-13(8-10-14)6-4-5-12;1-11(2,3)13-7-5-12(6-8-13)9-10(14)15-4;1-10(2,3)12-6-8-13(9-7-12)16(14,15)11(4)5;1-9(2,3)10-5-7-11(8-6-10)14(4,12)13/h4,6-10H2,1-3H3;5-9H2,1-4H3;6-9H2,1-5H3;5-8H2,1-4H3. The zero-order valence-corrected chi connectivity index (χ0v) is 41.8. The van der Waals surface area contributed by atoms with Crippen molar-refractivity contribution in [2.24, 2.45) is 0 Å². The first-order valence-corrected chi connectivity index (χ1v) is 24.6. The highest BCUT2D eigenvalue weighted by Crippen LogP contribution is 2.20. The predicted molar refractivity (Wildman–Crippen MR) is 241 cm³/mol. The highest BCUT2D eigenvalue weighted by molar-refractivity contribution is 7.88. The minimum Gasteiger partial charge on any atom is -0.468 e. The largest absolute Gasteiger partial charge is 0.468 e. The fourth-order valence-electron chi connectivity index (χ4n) is 7.19. The summed E-state index contributed by atoms with van der Waals surface area (Å²) >= 11 is 0. The number of methoxy groups -OCH3 is 1. The fraction of sp³-hybridized carbons (Fsp3) is 0.951. The lowest BCUT2D eigenvalue weighted by atomic mass is 10.0. The van der Waals surface area contributed by atoms with Gasteiger partial charge in [0.2, 0.25) is 10.0 Å². The number of hydrogen-bond donors (Lipinski definition) is 0. The van der Waals surface area contributed by atoms with Gasteiger partial charge in [-0.1, -0.05) is 0 Å². The molecule has 16 nitrogen and oxygen atoms in total. The van der Waals surface area contributed by atoms with Crippen LogP contribution in [0.4, 0.5) is 0 Å². The van der Waals surface area contributed by atoms with E-state index >= 15 is 0 Å². The Morgan fingerprint density at radius 2 is 0.864 bits per heavy atom. The number of nitrogens with zero attached hydrogens (tertiary/aromatic N) is 10. The Labute approximate surface area is 361 Å². The lowest BCUT2D eigenvalue weighted by Gasteiger charge is -2.42. The van der Waals surface area contributed by atoms with Crippen LogP contribution < -0.4 is 0 Å². The molecule has 4 rings (SSSR count). The molecule has 0 amide bonds. The molecule has 0 atom stereocenters. The molecule has 4 aliphatic heterocycles. The third-order valence-corrected chi connectivity index (χ3v) is 14.6. The SMILES string of the molecule is CC(C)(C)N1CCN(CCC#N)CC1.CC(C)(C)N1CCN(S(C)(=O)=O)CC1.CN(C)S(=O)(=O)N1CCN(C(C)(C)C)CC1.COC(=O)CN1CCN(C(C)(C)C)CC1. The molecule has 4 saturated heterocycles. The Kier molecular flexibility index (Phi) is 22.4. The molecule has 0 bridgehead atoms. The topological polar surface area (TPSA) is 148 Å². The van der Waals surface area contributed by atoms with Crippen molar-refractivity contribution in [2.45, 2.75) is 112 Å². The maximum Gasteiger partial charge on any atom is 0.319 e. The van der Waals surface area contributed by atoms with Crippen LogP contribution in [0.5, 0.6) is 0 Å². The molecule has 0 aromatic heterocycles. The van der Waals surface area contributed by atoms with Crippen LogP contribution in [0, 0.1) is 11.3 Å². The monoisotopic (exact) mass is 879 g/mol. The normalized spacial score (nSPS) is 21.3. The lowest BCUT2D eigenvalue weighted by molar-refractivity contribution is -0.142. The Morgan fingerprint density at radius 1 is 0.559 bits per heavy atom. The first kappa shape index (κ1) is 55.5. The van der Waals surface area contributed by atoms with E-state index in [1.807, 2.05) is 0 Å². The number of sulfonamides is 1. The van der Waals surface area contributed by atoms with E-state index in [0.717, 1.165) is 85.1 Å². The zero-order chi connectivity index (χ0) is 45.6. The minimum atomic E-state index is -3.23. The summed E-state index contributed by atoms with van der Waals surface area (Å²) in [7, 11) is -1.63. The summed E-state index contributed by atoms with van der Waals surface area (Å²) in [5.41, 5.74) is 0.788. The van der Waals surface area contributed by atoms with E-state index in [-0.39, 0.29) is 22.6 Å². The summed E-state index contributed by atoms with van der Waals surface area (Å²) in [6.45, 7) is 41.9. The minimum absolute atomic E-state index is 0.119. The van der Waals surface area contributed by atoms with Gasteiger partial charge in [-0.25, -0.2) is 8.42 Å². The molecule has 0 unspecified atom stereocenters. The molecule has 0 aromatic rings. The van der Waals surface area contributed by atoms with Crippen LogP contribution in [0.25, 0.3) is 0 Å². The molecule has 0 saturated carbocycles. The van der Waals surface area contributed by atoms with Gasteiger partial charge >= 0.3 is 5.97 Å². The molecular weight excluding hydrogens is 793 g/mol. The first-order chi connectivity index (χ1) is 26.8. The summed E-state index contributed by atoms with van der Waals surface area (Å²) in [5, 5.41) is 8.49. The molecule has 0 radical (unpaired) electrons. The zero-order valence-electron chi connectivity index (χ0n) is 40.2. The van der Waals surface area contributed by atoms with Gasteiger partial charge in [-0.05, 0) is 83.1 Å². The van der Waals surface area contributed by atoms with Gasteiger partial charge in [0.1, 0.15) is 0 Å². The van der Waals surface area contributed by atoms with Crippen LogP contribution in [0.2, 0.25) is 0 Å². The molecule has 0 aliphatic carbocycles. The molecule has 348 valence electrons. The highest BCUT2D eigenvalue weighted by Gasteiger charge is 2.33. The Hall–Kier alpha value is -1.50. The smallest absolute Gasteiger partial charge is 0.319 e. The van der Waals surface area contributed by atoms with Gasteiger partial charge in [0.15, 0.2) is 0 Å². The molecule has 0 aromatic carbocycles. The lowest BCUT2D eigenvalue weighted by Crippen LogP contribution is -2.56. The number of ether oxygens (including phenoxy) is 1. The molecule has 0 spiro atoms. The van der Waals surface area contributed by atoms with Gasteiger partial charge in [0, 0.05) is 154 Å². The van der Waals surface area contributed by atoms with Crippen molar-refractivity contribution in [1.82, 2.24) is 42.3 Å². The fourth-order valence-corrected chi connectivity index (χ4v) is 9.10. The van der Waals surface area contributed by atoms with Crippen molar-refractivity contribution in [3.8, 4) is 6.07 Å². The van der Waals surface area contributed by atoms with Crippen LogP contribution in [-0.4, -0.2) is 233 Å². The van der Waals surface area contributed by atoms with E-state index in [9.17, 15) is 21.6 Å². The van der Waals surface area contributed by atoms with Crippen molar-refractivity contribution < 1.29 is 26.4 Å². The van der Waals surface area contributed by atoms with Gasteiger partial charge in [-0.2, -0.15) is 26.6 Å². The Balaban J connectivity index is 0.000000394. The molecular formula is C41H86N10O6S2. The number of rotatable bonds is 7. The number of carbonyl (C=O) groups is 1. The van der Waals surface area contributed by atoms with Gasteiger partial charge in [0.25, 0.3) is 10.2 Å². The summed E-state index contributed by atoms with van der Waals surface area (Å²) in [5.74, 6) is -0.140. The third-order valence-electron chi connectivity index (χ3n) is 11.4. The van der Waals surface area contributed by atoms with E-state index in [1.54, 1.807) is 22.7 Å². The molecule has 0 N–H and O–H groups in total. The predicted octanol–water partition coefficient (Wildman–Crippen LogP) is 2.46. The van der Waals surface area contributed by atoms with Gasteiger partial charge in [-0.3, -0.25) is 34.2 Å². The Bertz CT molecular complexity index is 1480. The van der Waals surface area contributed by atoms with E-state index in [4.69, 9.17) is 5.26 Å². The van der Waals surface area contributed by atoms with Crippen LogP contribution >= 0.6 is 0 Å². The number of carbonyl (C=O) groups excluding carboxylic acids is 1.